The number of halogens is 7. The maximum absolute atomic E-state index is 13.4. The normalized spacial score (nSPS) is 14.5. The van der Waals surface area contributed by atoms with E-state index in [1.54, 1.807) is 0 Å². The van der Waals surface area contributed by atoms with Crippen molar-refractivity contribution in [3.8, 4) is 5.75 Å². The second-order valence-electron chi connectivity index (χ2n) is 4.06. The van der Waals surface area contributed by atoms with E-state index >= 15 is 0 Å². The highest BCUT2D eigenvalue weighted by Gasteiger charge is 2.59. The molecule has 0 saturated carbocycles. The fourth-order valence-corrected chi connectivity index (χ4v) is 1.34. The van der Waals surface area contributed by atoms with E-state index in [1.807, 2.05) is 0 Å². The Hall–Kier alpha value is -1.51. The van der Waals surface area contributed by atoms with Gasteiger partial charge >= 0.3 is 12.4 Å². The second-order valence-corrected chi connectivity index (χ2v) is 4.06. The van der Waals surface area contributed by atoms with Crippen molar-refractivity contribution in [3.05, 3.63) is 29.6 Å². The van der Waals surface area contributed by atoms with Crippen molar-refractivity contribution >= 4 is 0 Å². The summed E-state index contributed by atoms with van der Waals surface area (Å²) in [6, 6.07) is 1.87. The number of benzene rings is 1. The van der Waals surface area contributed by atoms with Gasteiger partial charge in [-0.15, -0.1) is 0 Å². The molecule has 0 radical (unpaired) electrons. The molecule has 0 aliphatic carbocycles. The van der Waals surface area contributed by atoms with Crippen LogP contribution in [0, 0.1) is 5.82 Å². The molecule has 0 aliphatic heterocycles. The van der Waals surface area contributed by atoms with E-state index in [0.717, 1.165) is 12.1 Å². The summed E-state index contributed by atoms with van der Waals surface area (Å²) >= 11 is 0. The van der Waals surface area contributed by atoms with Gasteiger partial charge in [0.2, 0.25) is 0 Å². The molecular formula is C11H10F7NO. The Morgan fingerprint density at radius 1 is 1.05 bits per heavy atom. The highest BCUT2D eigenvalue weighted by atomic mass is 19.4. The van der Waals surface area contributed by atoms with E-state index in [9.17, 15) is 30.7 Å². The minimum atomic E-state index is -5.70. The Kier molecular flexibility index (Phi) is 4.52. The van der Waals surface area contributed by atoms with E-state index in [1.165, 1.54) is 6.92 Å². The monoisotopic (exact) mass is 305 g/mol. The Labute approximate surface area is 109 Å². The summed E-state index contributed by atoms with van der Waals surface area (Å²) in [4.78, 5) is 0. The lowest BCUT2D eigenvalue weighted by Gasteiger charge is -2.24. The van der Waals surface area contributed by atoms with Crippen LogP contribution in [0.5, 0.6) is 5.75 Å². The second kappa shape index (κ2) is 5.47. The van der Waals surface area contributed by atoms with E-state index in [0.29, 0.717) is 6.07 Å². The molecule has 114 valence electrons. The van der Waals surface area contributed by atoms with Crippen LogP contribution in [-0.2, 0) is 0 Å². The number of ether oxygens (including phenoxy) is 1. The van der Waals surface area contributed by atoms with E-state index < -0.39 is 36.1 Å². The summed E-state index contributed by atoms with van der Waals surface area (Å²) in [5.74, 6) is -2.49. The molecule has 0 amide bonds. The number of alkyl halides is 6. The fraction of sp³-hybridized carbons (Fsp3) is 0.455. The number of hydrogen-bond donors (Lipinski definition) is 1. The first-order chi connectivity index (χ1) is 8.93. The average molecular weight is 305 g/mol. The van der Waals surface area contributed by atoms with Crippen molar-refractivity contribution in [2.75, 3.05) is 0 Å². The molecule has 1 atom stereocenters. The quantitative estimate of drug-likeness (QED) is 0.864. The number of rotatable bonds is 3. The standard InChI is InChI=1S/C11H10F7NO/c1-5(19)6-2-3-8(7(12)4-6)20-9(10(13,14)15)11(16,17)18/h2-5,9H,19H2,1H3/t5-/m0/s1. The van der Waals surface area contributed by atoms with Crippen LogP contribution < -0.4 is 10.5 Å². The van der Waals surface area contributed by atoms with Gasteiger partial charge in [-0.25, -0.2) is 4.39 Å². The molecule has 1 rings (SSSR count). The van der Waals surface area contributed by atoms with Gasteiger partial charge in [-0.2, -0.15) is 26.3 Å². The van der Waals surface area contributed by atoms with Gasteiger partial charge in [0.05, 0.1) is 0 Å². The first kappa shape index (κ1) is 16.5. The van der Waals surface area contributed by atoms with Gasteiger partial charge in [0, 0.05) is 6.04 Å². The zero-order chi connectivity index (χ0) is 15.7. The molecule has 1 aromatic carbocycles. The fourth-order valence-electron chi connectivity index (χ4n) is 1.34. The van der Waals surface area contributed by atoms with Crippen molar-refractivity contribution < 1.29 is 35.5 Å². The molecule has 0 saturated heterocycles. The maximum atomic E-state index is 13.4. The van der Waals surface area contributed by atoms with Gasteiger partial charge in [-0.3, -0.25) is 0 Å². The van der Waals surface area contributed by atoms with Gasteiger partial charge in [-0.05, 0) is 24.6 Å². The summed E-state index contributed by atoms with van der Waals surface area (Å²) in [5, 5.41) is 0. The van der Waals surface area contributed by atoms with Gasteiger partial charge in [-0.1, -0.05) is 6.07 Å². The molecule has 9 heteroatoms. The van der Waals surface area contributed by atoms with Crippen LogP contribution in [-0.4, -0.2) is 18.5 Å². The maximum Gasteiger partial charge on any atom is 0.434 e. The molecule has 20 heavy (non-hydrogen) atoms. The third-order valence-corrected chi connectivity index (χ3v) is 2.32. The SMILES string of the molecule is C[C@H](N)c1ccc(OC(C(F)(F)F)C(F)(F)F)c(F)c1. The molecular weight excluding hydrogens is 295 g/mol. The molecule has 0 aliphatic rings. The van der Waals surface area contributed by atoms with Crippen molar-refractivity contribution in [1.82, 2.24) is 0 Å². The van der Waals surface area contributed by atoms with Crippen LogP contribution >= 0.6 is 0 Å². The summed E-state index contributed by atoms with van der Waals surface area (Å²) in [6.45, 7) is 1.48. The third kappa shape index (κ3) is 3.99. The van der Waals surface area contributed by atoms with Crippen LogP contribution in [0.1, 0.15) is 18.5 Å². The van der Waals surface area contributed by atoms with Crippen LogP contribution in [0.25, 0.3) is 0 Å². The molecule has 1 aromatic rings. The lowest BCUT2D eigenvalue weighted by molar-refractivity contribution is -0.300. The van der Waals surface area contributed by atoms with Crippen molar-refractivity contribution in [2.45, 2.75) is 31.4 Å². The minimum absolute atomic E-state index is 0.213. The Balaban J connectivity index is 3.07. The molecule has 0 unspecified atom stereocenters. The lowest BCUT2D eigenvalue weighted by atomic mass is 10.1. The highest BCUT2D eigenvalue weighted by Crippen LogP contribution is 2.37. The van der Waals surface area contributed by atoms with Crippen LogP contribution in [0.4, 0.5) is 30.7 Å². The van der Waals surface area contributed by atoms with Gasteiger partial charge < -0.3 is 10.5 Å². The van der Waals surface area contributed by atoms with Crippen LogP contribution in [0.15, 0.2) is 18.2 Å². The molecule has 0 heterocycles. The van der Waals surface area contributed by atoms with E-state index in [-0.39, 0.29) is 5.56 Å². The minimum Gasteiger partial charge on any atom is -0.468 e. The topological polar surface area (TPSA) is 35.2 Å². The van der Waals surface area contributed by atoms with Gasteiger partial charge in [0.25, 0.3) is 6.10 Å². The van der Waals surface area contributed by atoms with Crippen molar-refractivity contribution in [3.63, 3.8) is 0 Å². The summed E-state index contributed by atoms with van der Waals surface area (Å²) in [7, 11) is 0. The van der Waals surface area contributed by atoms with Gasteiger partial charge in [0.1, 0.15) is 0 Å². The molecule has 0 spiro atoms. The Bertz CT molecular complexity index is 453. The van der Waals surface area contributed by atoms with Crippen molar-refractivity contribution in [1.29, 1.82) is 0 Å². The van der Waals surface area contributed by atoms with Gasteiger partial charge in [0.15, 0.2) is 11.6 Å². The smallest absolute Gasteiger partial charge is 0.434 e. The summed E-state index contributed by atoms with van der Waals surface area (Å²) in [5.41, 5.74) is 5.62. The molecule has 2 nitrogen and oxygen atoms in total. The predicted octanol–water partition coefficient (Wildman–Crippen LogP) is 3.72. The number of nitrogens with two attached hydrogens (primary N) is 1. The predicted molar refractivity (Wildman–Crippen MR) is 55.5 cm³/mol. The first-order valence-electron chi connectivity index (χ1n) is 5.28. The molecule has 0 aromatic heterocycles. The highest BCUT2D eigenvalue weighted by molar-refractivity contribution is 5.31. The molecule has 0 bridgehead atoms. The summed E-state index contributed by atoms with van der Waals surface area (Å²) in [6.07, 6.45) is -15.5. The zero-order valence-corrected chi connectivity index (χ0v) is 10.0. The largest absolute Gasteiger partial charge is 0.468 e. The van der Waals surface area contributed by atoms with E-state index in [4.69, 9.17) is 5.73 Å². The Morgan fingerprint density at radius 3 is 1.90 bits per heavy atom. The molecule has 2 N–H and O–H groups in total. The lowest BCUT2D eigenvalue weighted by Crippen LogP contribution is -2.46. The zero-order valence-electron chi connectivity index (χ0n) is 10.0. The third-order valence-electron chi connectivity index (χ3n) is 2.32. The molecule has 0 fully saturated rings. The first-order valence-corrected chi connectivity index (χ1v) is 5.28. The van der Waals surface area contributed by atoms with Crippen LogP contribution in [0.2, 0.25) is 0 Å². The van der Waals surface area contributed by atoms with Crippen LogP contribution in [0.3, 0.4) is 0 Å². The average Bonchev–Trinajstić information content (AvgIpc) is 2.23. The Morgan fingerprint density at radius 2 is 1.55 bits per heavy atom. The van der Waals surface area contributed by atoms with Crippen molar-refractivity contribution in [2.24, 2.45) is 5.73 Å². The van der Waals surface area contributed by atoms with E-state index in [2.05, 4.69) is 4.74 Å². The summed E-state index contributed by atoms with van der Waals surface area (Å²) < 4.78 is 90.7. The number of hydrogen-bond acceptors (Lipinski definition) is 2.